The monoisotopic (exact) mass is 530 g/mol. The second-order valence-corrected chi connectivity index (χ2v) is 10.1. The molecule has 0 radical (unpaired) electrons. The molecule has 2 bridgehead atoms. The van der Waals surface area contributed by atoms with Crippen LogP contribution in [0.25, 0.3) is 0 Å². The molecule has 3 aliphatic rings. The number of hydrogen-bond acceptors (Lipinski definition) is 5. The van der Waals surface area contributed by atoms with E-state index in [1.54, 1.807) is 18.2 Å². The quantitative estimate of drug-likeness (QED) is 0.407. The molecule has 3 saturated carbocycles. The first kappa shape index (κ1) is 25.3. The minimum atomic E-state index is -0.685. The molecule has 0 heterocycles. The average molecular weight is 532 g/mol. The maximum Gasteiger partial charge on any atom is 0.258 e. The summed E-state index contributed by atoms with van der Waals surface area (Å²) in [6, 6.07) is 9.14. The summed E-state index contributed by atoms with van der Waals surface area (Å²) in [6.07, 6.45) is 2.78. The number of hydrogen-bond donors (Lipinski definition) is 3. The SMILES string of the molecule is O=C(COc1ccc(Cl)c(F)c1)NC12CCC(NCCOc3ccc(Cl)c(Cl)c3)(CC1)CC2O. The summed E-state index contributed by atoms with van der Waals surface area (Å²) in [6.45, 7) is 0.781. The molecule has 1 atom stereocenters. The topological polar surface area (TPSA) is 79.8 Å². The Bertz CT molecular complexity index is 1050. The van der Waals surface area contributed by atoms with Gasteiger partial charge in [-0.15, -0.1) is 0 Å². The van der Waals surface area contributed by atoms with E-state index in [2.05, 4.69) is 10.6 Å². The zero-order chi connectivity index (χ0) is 24.3. The van der Waals surface area contributed by atoms with Gasteiger partial charge in [-0.2, -0.15) is 0 Å². The highest BCUT2D eigenvalue weighted by Gasteiger charge is 2.54. The number of carbonyl (C=O) groups excluding carboxylic acids is 1. The molecular formula is C24H26Cl3FN2O4. The Morgan fingerprint density at radius 2 is 1.68 bits per heavy atom. The van der Waals surface area contributed by atoms with Crippen molar-refractivity contribution in [3.8, 4) is 11.5 Å². The van der Waals surface area contributed by atoms with Crippen LogP contribution in [0.5, 0.6) is 11.5 Å². The highest BCUT2D eigenvalue weighted by molar-refractivity contribution is 6.42. The second kappa shape index (κ2) is 10.5. The van der Waals surface area contributed by atoms with Crippen molar-refractivity contribution in [2.45, 2.75) is 49.3 Å². The third-order valence-corrected chi connectivity index (χ3v) is 7.78. The Labute approximate surface area is 212 Å². The zero-order valence-electron chi connectivity index (χ0n) is 18.4. The van der Waals surface area contributed by atoms with Crippen molar-refractivity contribution in [3.05, 3.63) is 57.3 Å². The summed E-state index contributed by atoms with van der Waals surface area (Å²) in [4.78, 5) is 12.5. The van der Waals surface area contributed by atoms with Crippen LogP contribution < -0.4 is 20.1 Å². The maximum absolute atomic E-state index is 13.5. The van der Waals surface area contributed by atoms with Crippen molar-refractivity contribution in [2.75, 3.05) is 19.8 Å². The Morgan fingerprint density at radius 1 is 1.00 bits per heavy atom. The molecule has 0 aliphatic heterocycles. The number of carbonyl (C=O) groups is 1. The van der Waals surface area contributed by atoms with Gasteiger partial charge in [0.1, 0.15) is 23.9 Å². The van der Waals surface area contributed by atoms with E-state index in [1.807, 2.05) is 0 Å². The van der Waals surface area contributed by atoms with E-state index >= 15 is 0 Å². The van der Waals surface area contributed by atoms with Crippen LogP contribution in [0.1, 0.15) is 32.1 Å². The summed E-state index contributed by atoms with van der Waals surface area (Å²) < 4.78 is 24.7. The summed E-state index contributed by atoms with van der Waals surface area (Å²) in [5.41, 5.74) is -0.865. The molecule has 6 nitrogen and oxygen atoms in total. The third kappa shape index (κ3) is 5.71. The molecule has 0 spiro atoms. The van der Waals surface area contributed by atoms with Crippen molar-refractivity contribution in [1.82, 2.24) is 10.6 Å². The van der Waals surface area contributed by atoms with Crippen LogP contribution in [0.3, 0.4) is 0 Å². The number of fused-ring (bicyclic) bond motifs is 3. The smallest absolute Gasteiger partial charge is 0.258 e. The lowest BCUT2D eigenvalue weighted by atomic mass is 9.60. The molecule has 34 heavy (non-hydrogen) atoms. The standard InChI is InChI=1S/C24H26Cl3FN2O4/c25-17-3-1-15(11-19(17)27)33-10-9-29-23-5-7-24(8-6-23,21(31)13-23)30-22(32)14-34-16-2-4-18(26)20(28)12-16/h1-4,11-12,21,29,31H,5-10,13-14H2,(H,30,32). The average Bonchev–Trinajstić information content (AvgIpc) is 2.81. The number of aliphatic hydroxyl groups excluding tert-OH is 1. The molecule has 3 N–H and O–H groups in total. The lowest BCUT2D eigenvalue weighted by molar-refractivity contribution is -0.132. The van der Waals surface area contributed by atoms with E-state index in [9.17, 15) is 14.3 Å². The largest absolute Gasteiger partial charge is 0.492 e. The molecular weight excluding hydrogens is 506 g/mol. The number of rotatable bonds is 9. The minimum absolute atomic E-state index is 0.0127. The van der Waals surface area contributed by atoms with Gasteiger partial charge in [0.25, 0.3) is 5.91 Å². The van der Waals surface area contributed by atoms with E-state index < -0.39 is 17.5 Å². The molecule has 3 fully saturated rings. The van der Waals surface area contributed by atoms with Gasteiger partial charge in [0, 0.05) is 24.2 Å². The summed E-state index contributed by atoms with van der Waals surface area (Å²) in [5, 5.41) is 18.3. The van der Waals surface area contributed by atoms with Gasteiger partial charge in [0.05, 0.1) is 26.7 Å². The first-order chi connectivity index (χ1) is 16.2. The molecule has 184 valence electrons. The van der Waals surface area contributed by atoms with Crippen molar-refractivity contribution in [2.24, 2.45) is 0 Å². The zero-order valence-corrected chi connectivity index (χ0v) is 20.6. The Balaban J connectivity index is 1.24. The molecule has 1 unspecified atom stereocenters. The van der Waals surface area contributed by atoms with Crippen molar-refractivity contribution < 1.29 is 23.8 Å². The van der Waals surface area contributed by atoms with Gasteiger partial charge in [-0.05, 0) is 56.4 Å². The fourth-order valence-corrected chi connectivity index (χ4v) is 5.22. The normalized spacial score (nSPS) is 25.7. The molecule has 1 amide bonds. The number of benzene rings is 2. The number of aliphatic hydroxyl groups is 1. The fourth-order valence-electron chi connectivity index (χ4n) is 4.82. The van der Waals surface area contributed by atoms with Crippen LogP contribution in [0.4, 0.5) is 4.39 Å². The van der Waals surface area contributed by atoms with Gasteiger partial charge in [-0.3, -0.25) is 4.79 Å². The van der Waals surface area contributed by atoms with E-state index in [4.69, 9.17) is 44.3 Å². The Hall–Kier alpha value is -1.77. The number of halogens is 4. The highest BCUT2D eigenvalue weighted by Crippen LogP contribution is 2.47. The van der Waals surface area contributed by atoms with Crippen LogP contribution in [0.2, 0.25) is 15.1 Å². The predicted octanol–water partition coefficient (Wildman–Crippen LogP) is 4.77. The van der Waals surface area contributed by atoms with Crippen LogP contribution in [0.15, 0.2) is 36.4 Å². The van der Waals surface area contributed by atoms with Crippen LogP contribution >= 0.6 is 34.8 Å². The van der Waals surface area contributed by atoms with Crippen molar-refractivity contribution >= 4 is 40.7 Å². The maximum atomic E-state index is 13.5. The minimum Gasteiger partial charge on any atom is -0.492 e. The lowest BCUT2D eigenvalue weighted by Crippen LogP contribution is -2.70. The van der Waals surface area contributed by atoms with Crippen molar-refractivity contribution in [3.63, 3.8) is 0 Å². The number of amides is 1. The molecule has 5 rings (SSSR count). The molecule has 0 saturated heterocycles. The summed E-state index contributed by atoms with van der Waals surface area (Å²) in [7, 11) is 0. The predicted molar refractivity (Wildman–Crippen MR) is 130 cm³/mol. The first-order valence-electron chi connectivity index (χ1n) is 11.1. The van der Waals surface area contributed by atoms with Crippen LogP contribution in [0, 0.1) is 5.82 Å². The molecule has 2 aromatic rings. The Kier molecular flexibility index (Phi) is 7.79. The summed E-state index contributed by atoms with van der Waals surface area (Å²) in [5.74, 6) is -0.105. The molecule has 3 aliphatic carbocycles. The van der Waals surface area contributed by atoms with E-state index in [0.29, 0.717) is 48.2 Å². The third-order valence-electron chi connectivity index (χ3n) is 6.73. The van der Waals surface area contributed by atoms with Gasteiger partial charge in [0.15, 0.2) is 6.61 Å². The number of nitrogens with one attached hydrogen (secondary N) is 2. The lowest BCUT2D eigenvalue weighted by Gasteiger charge is -2.56. The first-order valence-corrected chi connectivity index (χ1v) is 12.2. The van der Waals surface area contributed by atoms with E-state index in [0.717, 1.165) is 18.9 Å². The van der Waals surface area contributed by atoms with E-state index in [-0.39, 0.29) is 28.8 Å². The summed E-state index contributed by atoms with van der Waals surface area (Å²) >= 11 is 17.6. The van der Waals surface area contributed by atoms with E-state index in [1.165, 1.54) is 12.1 Å². The molecule has 2 aromatic carbocycles. The molecule has 0 aromatic heterocycles. The highest BCUT2D eigenvalue weighted by atomic mass is 35.5. The van der Waals surface area contributed by atoms with Gasteiger partial charge >= 0.3 is 0 Å². The van der Waals surface area contributed by atoms with Gasteiger partial charge in [-0.25, -0.2) is 4.39 Å². The molecule has 10 heteroatoms. The van der Waals surface area contributed by atoms with Crippen LogP contribution in [-0.4, -0.2) is 48.0 Å². The van der Waals surface area contributed by atoms with Crippen molar-refractivity contribution in [1.29, 1.82) is 0 Å². The Morgan fingerprint density at radius 3 is 2.32 bits per heavy atom. The van der Waals surface area contributed by atoms with Gasteiger partial charge < -0.3 is 25.2 Å². The van der Waals surface area contributed by atoms with Gasteiger partial charge in [-0.1, -0.05) is 34.8 Å². The van der Waals surface area contributed by atoms with Crippen LogP contribution in [-0.2, 0) is 4.79 Å². The number of ether oxygens (including phenoxy) is 2. The fraction of sp³-hybridized carbons (Fsp3) is 0.458. The second-order valence-electron chi connectivity index (χ2n) is 8.92. The van der Waals surface area contributed by atoms with Gasteiger partial charge in [0.2, 0.25) is 0 Å².